The number of amides is 1. The summed E-state index contributed by atoms with van der Waals surface area (Å²) in [4.78, 5) is 22.3. The normalized spacial score (nSPS) is 9.78. The van der Waals surface area contributed by atoms with E-state index in [4.69, 9.17) is 9.84 Å². The molecule has 7 heteroatoms. The third-order valence-electron chi connectivity index (χ3n) is 3.21. The Balaban J connectivity index is 0.00000484. The molecule has 0 aliphatic rings. The first-order valence-corrected chi connectivity index (χ1v) is 7.54. The largest absolute Gasteiger partial charge is 0.507 e. The number of hydrogen-bond donors (Lipinski definition) is 3. The topological polar surface area (TPSA) is 127 Å². The van der Waals surface area contributed by atoms with Crippen molar-refractivity contribution in [2.24, 2.45) is 0 Å². The Hall–Kier alpha value is -2.28. The van der Waals surface area contributed by atoms with Gasteiger partial charge < -0.3 is 20.4 Å². The van der Waals surface area contributed by atoms with Crippen LogP contribution in [0.1, 0.15) is 55.8 Å². The molecule has 1 aromatic rings. The van der Waals surface area contributed by atoms with E-state index in [9.17, 15) is 14.7 Å². The third-order valence-corrected chi connectivity index (χ3v) is 3.21. The summed E-state index contributed by atoms with van der Waals surface area (Å²) in [6, 6.07) is 3.80. The molecule has 1 amide bonds. The van der Waals surface area contributed by atoms with Crippen LogP contribution >= 0.6 is 0 Å². The maximum atomic E-state index is 11.5. The van der Waals surface area contributed by atoms with Crippen molar-refractivity contribution in [3.05, 3.63) is 23.8 Å². The molecule has 1 rings (SSSR count). The maximum Gasteiger partial charge on any atom is 0.411 e. The Morgan fingerprint density at radius 3 is 2.39 bits per heavy atom. The molecule has 0 atom stereocenters. The van der Waals surface area contributed by atoms with Gasteiger partial charge in [-0.25, -0.2) is 9.59 Å². The van der Waals surface area contributed by atoms with Crippen molar-refractivity contribution in [3.8, 4) is 5.75 Å². The SMILES string of the molecule is CCCCCCCCOC(=O)Nc1ccc(C(=O)O)c(O)c1.O. The van der Waals surface area contributed by atoms with Gasteiger partial charge in [-0.1, -0.05) is 39.0 Å². The number of anilines is 1. The van der Waals surface area contributed by atoms with Crippen molar-refractivity contribution >= 4 is 17.7 Å². The molecule has 5 N–H and O–H groups in total. The van der Waals surface area contributed by atoms with Gasteiger partial charge >= 0.3 is 12.1 Å². The molecule has 1 aromatic carbocycles. The second-order valence-electron chi connectivity index (χ2n) is 5.07. The van der Waals surface area contributed by atoms with Crippen LogP contribution in [0.4, 0.5) is 10.5 Å². The number of carboxylic acid groups (broad SMARTS) is 1. The highest BCUT2D eigenvalue weighted by atomic mass is 16.5. The lowest BCUT2D eigenvalue weighted by Gasteiger charge is -2.08. The fourth-order valence-corrected chi connectivity index (χ4v) is 1.99. The quantitative estimate of drug-likeness (QED) is 0.600. The highest BCUT2D eigenvalue weighted by Gasteiger charge is 2.11. The van der Waals surface area contributed by atoms with Gasteiger partial charge in [-0.3, -0.25) is 5.32 Å². The van der Waals surface area contributed by atoms with Gasteiger partial charge in [0.2, 0.25) is 0 Å². The molecule has 0 fully saturated rings. The molecule has 130 valence electrons. The number of aromatic hydroxyl groups is 1. The highest BCUT2D eigenvalue weighted by molar-refractivity contribution is 5.92. The molecule has 0 aromatic heterocycles. The lowest BCUT2D eigenvalue weighted by atomic mass is 10.1. The minimum Gasteiger partial charge on any atom is -0.507 e. The lowest BCUT2D eigenvalue weighted by molar-refractivity contribution is 0.0693. The van der Waals surface area contributed by atoms with Gasteiger partial charge in [-0.05, 0) is 18.6 Å². The number of nitrogens with one attached hydrogen (secondary N) is 1. The van der Waals surface area contributed by atoms with Crippen LogP contribution in [0.3, 0.4) is 0 Å². The van der Waals surface area contributed by atoms with Crippen molar-refractivity contribution < 1.29 is 30.0 Å². The van der Waals surface area contributed by atoms with Gasteiger partial charge in [-0.2, -0.15) is 0 Å². The van der Waals surface area contributed by atoms with E-state index < -0.39 is 17.8 Å². The van der Waals surface area contributed by atoms with E-state index in [-0.39, 0.29) is 16.7 Å². The summed E-state index contributed by atoms with van der Waals surface area (Å²) >= 11 is 0. The van der Waals surface area contributed by atoms with E-state index in [1.807, 2.05) is 0 Å². The number of benzene rings is 1. The molecule has 0 bridgehead atoms. The zero-order valence-corrected chi connectivity index (χ0v) is 13.3. The number of ether oxygens (including phenoxy) is 1. The maximum absolute atomic E-state index is 11.5. The molecule has 0 heterocycles. The number of carbonyl (C=O) groups is 2. The summed E-state index contributed by atoms with van der Waals surface area (Å²) in [7, 11) is 0. The summed E-state index contributed by atoms with van der Waals surface area (Å²) in [5, 5.41) is 20.8. The summed E-state index contributed by atoms with van der Waals surface area (Å²) in [6.07, 6.45) is 6.02. The zero-order valence-electron chi connectivity index (χ0n) is 13.3. The van der Waals surface area contributed by atoms with Crippen molar-refractivity contribution in [3.63, 3.8) is 0 Å². The fourth-order valence-electron chi connectivity index (χ4n) is 1.99. The molecule has 23 heavy (non-hydrogen) atoms. The number of aromatic carboxylic acids is 1. The van der Waals surface area contributed by atoms with Crippen molar-refractivity contribution in [1.82, 2.24) is 0 Å². The van der Waals surface area contributed by atoms with Crippen LogP contribution in [0, 0.1) is 0 Å². The first-order chi connectivity index (χ1) is 10.5. The molecule has 0 saturated carbocycles. The number of unbranched alkanes of at least 4 members (excludes halogenated alkanes) is 5. The van der Waals surface area contributed by atoms with Crippen LogP contribution < -0.4 is 5.32 Å². The van der Waals surface area contributed by atoms with Crippen molar-refractivity contribution in [2.45, 2.75) is 45.4 Å². The van der Waals surface area contributed by atoms with Gasteiger partial charge in [0.25, 0.3) is 0 Å². The number of carboxylic acids is 1. The van der Waals surface area contributed by atoms with E-state index in [0.717, 1.165) is 19.3 Å². The van der Waals surface area contributed by atoms with E-state index in [1.165, 1.54) is 37.5 Å². The monoisotopic (exact) mass is 327 g/mol. The van der Waals surface area contributed by atoms with E-state index in [1.54, 1.807) is 0 Å². The van der Waals surface area contributed by atoms with E-state index in [0.29, 0.717) is 6.61 Å². The predicted octanol–water partition coefficient (Wildman–Crippen LogP) is 3.17. The summed E-state index contributed by atoms with van der Waals surface area (Å²) in [5.74, 6) is -1.63. The van der Waals surface area contributed by atoms with Gasteiger partial charge in [0.1, 0.15) is 11.3 Å². The van der Waals surface area contributed by atoms with Gasteiger partial charge in [0.05, 0.1) is 6.61 Å². The van der Waals surface area contributed by atoms with Crippen LogP contribution in [0.15, 0.2) is 18.2 Å². The Kier molecular flexibility index (Phi) is 10.2. The number of rotatable bonds is 9. The van der Waals surface area contributed by atoms with Crippen LogP contribution in [0.25, 0.3) is 0 Å². The Labute approximate surface area is 135 Å². The Morgan fingerprint density at radius 1 is 1.13 bits per heavy atom. The minimum absolute atomic E-state index is 0. The molecule has 0 unspecified atom stereocenters. The van der Waals surface area contributed by atoms with Crippen molar-refractivity contribution in [2.75, 3.05) is 11.9 Å². The number of carbonyl (C=O) groups excluding carboxylic acids is 1. The third kappa shape index (κ3) is 8.06. The standard InChI is InChI=1S/C16H23NO5.H2O/c1-2-3-4-5-6-7-10-22-16(21)17-12-8-9-13(15(19)20)14(18)11-12;/h8-9,11,18H,2-7,10H2,1H3,(H,17,21)(H,19,20);1H2. The zero-order chi connectivity index (χ0) is 16.4. The number of phenols is 1. The molecule has 0 saturated heterocycles. The molecular weight excluding hydrogens is 302 g/mol. The molecular formula is C16H25NO6. The Morgan fingerprint density at radius 2 is 1.78 bits per heavy atom. The average molecular weight is 327 g/mol. The summed E-state index contributed by atoms with van der Waals surface area (Å²) in [5.41, 5.74) is 0.0708. The van der Waals surface area contributed by atoms with E-state index >= 15 is 0 Å². The van der Waals surface area contributed by atoms with Crippen LogP contribution in [0.5, 0.6) is 5.75 Å². The van der Waals surface area contributed by atoms with Crippen LogP contribution in [-0.4, -0.2) is 34.4 Å². The number of hydrogen-bond acceptors (Lipinski definition) is 4. The Bertz CT molecular complexity index is 503. The predicted molar refractivity (Wildman–Crippen MR) is 87.0 cm³/mol. The molecule has 0 radical (unpaired) electrons. The van der Waals surface area contributed by atoms with E-state index in [2.05, 4.69) is 12.2 Å². The molecule has 0 spiro atoms. The highest BCUT2D eigenvalue weighted by Crippen LogP contribution is 2.22. The van der Waals surface area contributed by atoms with Gasteiger partial charge in [-0.15, -0.1) is 0 Å². The van der Waals surface area contributed by atoms with Crippen LogP contribution in [-0.2, 0) is 4.74 Å². The van der Waals surface area contributed by atoms with Gasteiger partial charge in [0, 0.05) is 11.8 Å². The first-order valence-electron chi connectivity index (χ1n) is 7.54. The van der Waals surface area contributed by atoms with Gasteiger partial charge in [0.15, 0.2) is 0 Å². The lowest BCUT2D eigenvalue weighted by Crippen LogP contribution is -2.14. The summed E-state index contributed by atoms with van der Waals surface area (Å²) < 4.78 is 5.02. The average Bonchev–Trinajstić information content (AvgIpc) is 2.46. The van der Waals surface area contributed by atoms with Crippen LogP contribution in [0.2, 0.25) is 0 Å². The minimum atomic E-state index is -1.23. The summed E-state index contributed by atoms with van der Waals surface area (Å²) in [6.45, 7) is 2.51. The molecule has 0 aliphatic carbocycles. The second-order valence-corrected chi connectivity index (χ2v) is 5.07. The second kappa shape index (κ2) is 11.3. The first kappa shape index (κ1) is 20.7. The fraction of sp³-hybridized carbons (Fsp3) is 0.500. The van der Waals surface area contributed by atoms with Crippen molar-refractivity contribution in [1.29, 1.82) is 0 Å². The molecule has 7 nitrogen and oxygen atoms in total. The molecule has 0 aliphatic heterocycles. The smallest absolute Gasteiger partial charge is 0.411 e.